The number of nitrogens with zero attached hydrogens (tertiary/aromatic N) is 1. The molecule has 2 aromatic carbocycles. The number of benzene rings is 2. The highest BCUT2D eigenvalue weighted by molar-refractivity contribution is 6.05. The van der Waals surface area contributed by atoms with Crippen molar-refractivity contribution in [3.8, 4) is 0 Å². The van der Waals surface area contributed by atoms with E-state index in [1.165, 1.54) is 0 Å². The van der Waals surface area contributed by atoms with E-state index in [-0.39, 0.29) is 19.6 Å². The molecule has 8 nitrogen and oxygen atoms in total. The highest BCUT2D eigenvalue weighted by atomic mass is 16.3. The molecule has 160 valence electrons. The van der Waals surface area contributed by atoms with Crippen molar-refractivity contribution in [1.29, 1.82) is 0 Å². The Balaban J connectivity index is 1.35. The number of hydrogen-bond donors (Lipinski definition) is 4. The zero-order chi connectivity index (χ0) is 21.8. The monoisotopic (exact) mass is 420 g/mol. The van der Waals surface area contributed by atoms with Crippen molar-refractivity contribution >= 4 is 28.7 Å². The van der Waals surface area contributed by atoms with Crippen molar-refractivity contribution in [3.63, 3.8) is 0 Å². The van der Waals surface area contributed by atoms with E-state index in [0.29, 0.717) is 6.42 Å². The van der Waals surface area contributed by atoms with Crippen molar-refractivity contribution in [1.82, 2.24) is 20.5 Å². The van der Waals surface area contributed by atoms with Crippen LogP contribution in [0.5, 0.6) is 0 Å². The minimum Gasteiger partial charge on any atom is -0.394 e. The van der Waals surface area contributed by atoms with E-state index in [1.807, 2.05) is 48.7 Å². The zero-order valence-electron chi connectivity index (χ0n) is 16.9. The van der Waals surface area contributed by atoms with Crippen LogP contribution in [0.3, 0.4) is 0 Å². The molecule has 4 amide bonds. The Labute approximate surface area is 179 Å². The van der Waals surface area contributed by atoms with E-state index in [9.17, 15) is 19.5 Å². The molecule has 1 fully saturated rings. The average molecular weight is 420 g/mol. The van der Waals surface area contributed by atoms with Gasteiger partial charge >= 0.3 is 6.03 Å². The third-order valence-corrected chi connectivity index (χ3v) is 5.50. The third kappa shape index (κ3) is 4.44. The van der Waals surface area contributed by atoms with Gasteiger partial charge in [0.15, 0.2) is 0 Å². The summed E-state index contributed by atoms with van der Waals surface area (Å²) in [4.78, 5) is 41.8. The van der Waals surface area contributed by atoms with Gasteiger partial charge in [0, 0.05) is 23.6 Å². The van der Waals surface area contributed by atoms with Crippen LogP contribution in [0, 0.1) is 0 Å². The molecule has 31 heavy (non-hydrogen) atoms. The minimum atomic E-state index is -0.911. The number of amides is 4. The van der Waals surface area contributed by atoms with Gasteiger partial charge in [-0.1, -0.05) is 48.5 Å². The number of nitrogens with one attached hydrogen (secondary N) is 3. The molecule has 1 saturated heterocycles. The van der Waals surface area contributed by atoms with Crippen molar-refractivity contribution in [2.45, 2.75) is 24.9 Å². The molecule has 0 bridgehead atoms. The van der Waals surface area contributed by atoms with Crippen LogP contribution in [0.2, 0.25) is 0 Å². The number of hydrogen-bond acceptors (Lipinski definition) is 4. The highest BCUT2D eigenvalue weighted by Gasteiger charge is 2.39. The predicted molar refractivity (Wildman–Crippen MR) is 115 cm³/mol. The van der Waals surface area contributed by atoms with Gasteiger partial charge < -0.3 is 20.7 Å². The molecule has 3 aromatic rings. The molecule has 2 heterocycles. The quantitative estimate of drug-likeness (QED) is 0.417. The number of aromatic nitrogens is 1. The lowest BCUT2D eigenvalue weighted by molar-refractivity contribution is -0.131. The van der Waals surface area contributed by atoms with Gasteiger partial charge in [-0.25, -0.2) is 4.79 Å². The number of H-pyrrole nitrogens is 1. The third-order valence-electron chi connectivity index (χ3n) is 5.50. The summed E-state index contributed by atoms with van der Waals surface area (Å²) in [6.45, 7) is -0.0363. The summed E-state index contributed by atoms with van der Waals surface area (Å²) in [5.74, 6) is -0.833. The maximum absolute atomic E-state index is 12.7. The molecular weight excluding hydrogens is 396 g/mol. The number of carbonyl (C=O) groups is 3. The summed E-state index contributed by atoms with van der Waals surface area (Å²) < 4.78 is 0. The number of urea groups is 1. The van der Waals surface area contributed by atoms with Crippen molar-refractivity contribution in [3.05, 3.63) is 71.9 Å². The van der Waals surface area contributed by atoms with Gasteiger partial charge in [-0.15, -0.1) is 0 Å². The molecule has 0 radical (unpaired) electrons. The molecule has 0 unspecified atom stereocenters. The number of imide groups is 1. The summed E-state index contributed by atoms with van der Waals surface area (Å²) in [6.07, 6.45) is 2.22. The van der Waals surface area contributed by atoms with Crippen molar-refractivity contribution in [2.75, 3.05) is 13.2 Å². The van der Waals surface area contributed by atoms with Crippen LogP contribution in [0.1, 0.15) is 23.6 Å². The van der Waals surface area contributed by atoms with Crippen LogP contribution in [0.25, 0.3) is 10.9 Å². The molecular formula is C23H24N4O4. The molecule has 4 rings (SSSR count). The second-order valence-corrected chi connectivity index (χ2v) is 7.52. The Morgan fingerprint density at radius 3 is 2.61 bits per heavy atom. The van der Waals surface area contributed by atoms with Crippen LogP contribution < -0.4 is 10.6 Å². The predicted octanol–water partition coefficient (Wildman–Crippen LogP) is 1.87. The lowest BCUT2D eigenvalue weighted by Crippen LogP contribution is -2.38. The van der Waals surface area contributed by atoms with Crippen LogP contribution >= 0.6 is 0 Å². The van der Waals surface area contributed by atoms with Gasteiger partial charge in [0.05, 0.1) is 19.1 Å². The van der Waals surface area contributed by atoms with Gasteiger partial charge in [-0.3, -0.25) is 14.5 Å². The Hall–Kier alpha value is -3.65. The van der Waals surface area contributed by atoms with E-state index in [2.05, 4.69) is 15.6 Å². The normalized spacial score (nSPS) is 17.1. The zero-order valence-corrected chi connectivity index (χ0v) is 16.9. The number of aliphatic hydroxyl groups excluding tert-OH is 1. The van der Waals surface area contributed by atoms with E-state index < -0.39 is 29.9 Å². The fourth-order valence-electron chi connectivity index (χ4n) is 3.86. The van der Waals surface area contributed by atoms with Gasteiger partial charge in [0.2, 0.25) is 5.91 Å². The molecule has 1 aromatic heterocycles. The fourth-order valence-corrected chi connectivity index (χ4v) is 3.86. The lowest BCUT2D eigenvalue weighted by atomic mass is 10.1. The first-order valence-corrected chi connectivity index (χ1v) is 10.2. The number of carbonyl (C=O) groups excluding carboxylic acids is 3. The SMILES string of the molecule is O=C(C[C@H]1NC(=O)N(CCc2c[nH]c3ccccc23)C1=O)N[C@H](CO)c1ccccc1. The highest BCUT2D eigenvalue weighted by Crippen LogP contribution is 2.20. The maximum atomic E-state index is 12.7. The summed E-state index contributed by atoms with van der Waals surface area (Å²) in [7, 11) is 0. The Morgan fingerprint density at radius 2 is 1.84 bits per heavy atom. The second-order valence-electron chi connectivity index (χ2n) is 7.52. The first kappa shape index (κ1) is 20.6. The lowest BCUT2D eigenvalue weighted by Gasteiger charge is -2.18. The number of aromatic amines is 1. The first-order valence-electron chi connectivity index (χ1n) is 10.2. The standard InChI is InChI=1S/C23H24N4O4/c28-14-20(15-6-2-1-3-7-15)25-21(29)12-19-22(30)27(23(31)26-19)11-10-16-13-24-18-9-5-4-8-17(16)18/h1-9,13,19-20,24,28H,10-12,14H2,(H,25,29)(H,26,31)/t19-,20-/m1/s1. The van der Waals surface area contributed by atoms with Gasteiger partial charge in [-0.2, -0.15) is 0 Å². The number of para-hydroxylation sites is 1. The van der Waals surface area contributed by atoms with Gasteiger partial charge in [0.1, 0.15) is 6.04 Å². The van der Waals surface area contributed by atoms with Crippen molar-refractivity contribution < 1.29 is 19.5 Å². The average Bonchev–Trinajstić information content (AvgIpc) is 3.31. The van der Waals surface area contributed by atoms with E-state index in [1.54, 1.807) is 12.1 Å². The van der Waals surface area contributed by atoms with Crippen LogP contribution in [-0.2, 0) is 16.0 Å². The van der Waals surface area contributed by atoms with Gasteiger partial charge in [-0.05, 0) is 23.6 Å². The van der Waals surface area contributed by atoms with Crippen LogP contribution in [0.15, 0.2) is 60.8 Å². The molecule has 0 spiro atoms. The largest absolute Gasteiger partial charge is 0.394 e. The Bertz CT molecular complexity index is 1100. The molecule has 1 aliphatic rings. The van der Waals surface area contributed by atoms with Crippen molar-refractivity contribution in [2.24, 2.45) is 0 Å². The molecule has 0 saturated carbocycles. The topological polar surface area (TPSA) is 115 Å². The molecule has 0 aliphatic carbocycles. The molecule has 2 atom stereocenters. The summed E-state index contributed by atoms with van der Waals surface area (Å²) >= 11 is 0. The summed E-state index contributed by atoms with van der Waals surface area (Å²) in [6, 6.07) is 14.9. The summed E-state index contributed by atoms with van der Waals surface area (Å²) in [5.41, 5.74) is 2.78. The number of aliphatic hydroxyl groups is 1. The molecule has 4 N–H and O–H groups in total. The fraction of sp³-hybridized carbons (Fsp3) is 0.261. The first-order chi connectivity index (χ1) is 15.1. The number of fused-ring (bicyclic) bond motifs is 1. The molecule has 8 heteroatoms. The minimum absolute atomic E-state index is 0.183. The Kier molecular flexibility index (Phi) is 5.99. The van der Waals surface area contributed by atoms with Gasteiger partial charge in [0.25, 0.3) is 5.91 Å². The molecule has 1 aliphatic heterocycles. The smallest absolute Gasteiger partial charge is 0.324 e. The van der Waals surface area contributed by atoms with E-state index in [0.717, 1.165) is 26.9 Å². The van der Waals surface area contributed by atoms with E-state index >= 15 is 0 Å². The Morgan fingerprint density at radius 1 is 1.10 bits per heavy atom. The van der Waals surface area contributed by atoms with E-state index in [4.69, 9.17) is 0 Å². The van der Waals surface area contributed by atoms with Crippen LogP contribution in [0.4, 0.5) is 4.79 Å². The number of rotatable bonds is 8. The van der Waals surface area contributed by atoms with Crippen LogP contribution in [-0.4, -0.2) is 52.0 Å². The summed E-state index contributed by atoms with van der Waals surface area (Å²) in [5, 5.41) is 16.0. The maximum Gasteiger partial charge on any atom is 0.324 e. The second kappa shape index (κ2) is 9.01.